The van der Waals surface area contributed by atoms with Gasteiger partial charge in [0.25, 0.3) is 0 Å². The topological polar surface area (TPSA) is 28.4 Å². The molecule has 3 heteroatoms. The quantitative estimate of drug-likeness (QED) is 0.770. The maximum absolute atomic E-state index is 5.82. The first-order valence-electron chi connectivity index (χ1n) is 7.08. The van der Waals surface area contributed by atoms with Crippen LogP contribution in [0.25, 0.3) is 0 Å². The molecule has 104 valence electrons. The zero-order chi connectivity index (χ0) is 13.5. The number of nitrogens with one attached hydrogen (secondary N) is 1. The van der Waals surface area contributed by atoms with Gasteiger partial charge in [-0.2, -0.15) is 0 Å². The van der Waals surface area contributed by atoms with Gasteiger partial charge in [-0.15, -0.1) is 0 Å². The van der Waals surface area contributed by atoms with Gasteiger partial charge in [0.05, 0.1) is 6.54 Å². The summed E-state index contributed by atoms with van der Waals surface area (Å²) in [6.45, 7) is 15.9. The fourth-order valence-corrected chi connectivity index (χ4v) is 2.00. The van der Waals surface area contributed by atoms with Crippen molar-refractivity contribution in [3.63, 3.8) is 0 Å². The molecule has 0 aliphatic carbocycles. The molecule has 0 saturated carbocycles. The van der Waals surface area contributed by atoms with Crippen molar-refractivity contribution in [1.29, 1.82) is 0 Å². The smallest absolute Gasteiger partial charge is 0.118 e. The lowest BCUT2D eigenvalue weighted by atomic mass is 10.2. The average molecular weight is 252 g/mol. The molecule has 1 heterocycles. The Morgan fingerprint density at radius 2 is 1.94 bits per heavy atom. The average Bonchev–Trinajstić information content (AvgIpc) is 2.66. The minimum absolute atomic E-state index is 0.687. The van der Waals surface area contributed by atoms with E-state index in [-0.39, 0.29) is 0 Å². The van der Waals surface area contributed by atoms with E-state index in [0.717, 1.165) is 44.2 Å². The summed E-state index contributed by atoms with van der Waals surface area (Å²) in [5, 5.41) is 3.46. The van der Waals surface area contributed by atoms with Crippen LogP contribution in [0.3, 0.4) is 0 Å². The number of aryl methyl sites for hydroxylation is 1. The van der Waals surface area contributed by atoms with Crippen molar-refractivity contribution in [2.24, 2.45) is 5.92 Å². The van der Waals surface area contributed by atoms with Crippen molar-refractivity contribution in [2.45, 2.75) is 47.7 Å². The van der Waals surface area contributed by atoms with Crippen molar-refractivity contribution < 1.29 is 4.42 Å². The Hall–Kier alpha value is -0.800. The molecule has 1 rings (SSSR count). The molecule has 0 aromatic carbocycles. The SMILES string of the molecule is CCN(CC)Cc1cc(CNCC(C)C)c(C)o1. The highest BCUT2D eigenvalue weighted by Crippen LogP contribution is 2.16. The summed E-state index contributed by atoms with van der Waals surface area (Å²) in [7, 11) is 0. The molecule has 0 unspecified atom stereocenters. The standard InChI is InChI=1S/C15H28N2O/c1-6-17(7-2)11-15-8-14(13(5)18-15)10-16-9-12(3)4/h8,12,16H,6-7,9-11H2,1-5H3. The number of hydrogen-bond acceptors (Lipinski definition) is 3. The van der Waals surface area contributed by atoms with Crippen LogP contribution in [0.1, 0.15) is 44.8 Å². The number of furan rings is 1. The van der Waals surface area contributed by atoms with Crippen LogP contribution in [-0.2, 0) is 13.1 Å². The van der Waals surface area contributed by atoms with Crippen LogP contribution in [0.5, 0.6) is 0 Å². The summed E-state index contributed by atoms with van der Waals surface area (Å²) in [5.41, 5.74) is 1.29. The first kappa shape index (κ1) is 15.3. The predicted molar refractivity (Wildman–Crippen MR) is 76.6 cm³/mol. The molecule has 1 aromatic heterocycles. The van der Waals surface area contributed by atoms with E-state index in [1.165, 1.54) is 5.56 Å². The maximum Gasteiger partial charge on any atom is 0.118 e. The largest absolute Gasteiger partial charge is 0.465 e. The monoisotopic (exact) mass is 252 g/mol. The highest BCUT2D eigenvalue weighted by molar-refractivity contribution is 5.20. The van der Waals surface area contributed by atoms with Crippen LogP contribution in [0, 0.1) is 12.8 Å². The van der Waals surface area contributed by atoms with Crippen LogP contribution < -0.4 is 5.32 Å². The molecule has 0 aliphatic rings. The van der Waals surface area contributed by atoms with E-state index < -0.39 is 0 Å². The molecule has 0 bridgehead atoms. The van der Waals surface area contributed by atoms with Gasteiger partial charge in [-0.05, 0) is 38.5 Å². The Labute approximate surface area is 112 Å². The van der Waals surface area contributed by atoms with Gasteiger partial charge in [0.2, 0.25) is 0 Å². The molecule has 0 aliphatic heterocycles. The summed E-state index contributed by atoms with van der Waals surface area (Å²) >= 11 is 0. The Bertz CT molecular complexity index is 340. The van der Waals surface area contributed by atoms with E-state index >= 15 is 0 Å². The number of hydrogen-bond donors (Lipinski definition) is 1. The molecular weight excluding hydrogens is 224 g/mol. The summed E-state index contributed by atoms with van der Waals surface area (Å²) in [4.78, 5) is 2.36. The first-order valence-corrected chi connectivity index (χ1v) is 7.08. The predicted octanol–water partition coefficient (Wildman–Crippen LogP) is 3.18. The summed E-state index contributed by atoms with van der Waals surface area (Å²) in [5.74, 6) is 2.82. The molecule has 0 spiro atoms. The fourth-order valence-electron chi connectivity index (χ4n) is 2.00. The number of rotatable bonds is 8. The third-order valence-electron chi connectivity index (χ3n) is 3.21. The molecule has 0 atom stereocenters. The molecule has 0 fully saturated rings. The van der Waals surface area contributed by atoms with Gasteiger partial charge >= 0.3 is 0 Å². The zero-order valence-corrected chi connectivity index (χ0v) is 12.5. The highest BCUT2D eigenvalue weighted by Gasteiger charge is 2.09. The third-order valence-corrected chi connectivity index (χ3v) is 3.21. The van der Waals surface area contributed by atoms with Crippen LogP contribution in [0.4, 0.5) is 0 Å². The zero-order valence-electron chi connectivity index (χ0n) is 12.5. The summed E-state index contributed by atoms with van der Waals surface area (Å²) in [6, 6.07) is 2.20. The minimum Gasteiger partial charge on any atom is -0.465 e. The van der Waals surface area contributed by atoms with E-state index in [1.807, 2.05) is 0 Å². The summed E-state index contributed by atoms with van der Waals surface area (Å²) < 4.78 is 5.82. The Morgan fingerprint density at radius 3 is 2.50 bits per heavy atom. The van der Waals surface area contributed by atoms with Gasteiger partial charge in [0.15, 0.2) is 0 Å². The van der Waals surface area contributed by atoms with Crippen molar-refractivity contribution >= 4 is 0 Å². The molecule has 1 N–H and O–H groups in total. The molecule has 0 saturated heterocycles. The maximum atomic E-state index is 5.82. The Morgan fingerprint density at radius 1 is 1.28 bits per heavy atom. The first-order chi connectivity index (χ1) is 8.56. The van der Waals surface area contributed by atoms with Crippen molar-refractivity contribution in [1.82, 2.24) is 10.2 Å². The molecule has 1 aromatic rings. The van der Waals surface area contributed by atoms with Crippen LogP contribution in [0.15, 0.2) is 10.5 Å². The van der Waals surface area contributed by atoms with Crippen molar-refractivity contribution in [2.75, 3.05) is 19.6 Å². The second-order valence-electron chi connectivity index (χ2n) is 5.28. The van der Waals surface area contributed by atoms with E-state index in [9.17, 15) is 0 Å². The second-order valence-corrected chi connectivity index (χ2v) is 5.28. The third kappa shape index (κ3) is 4.83. The molecule has 0 radical (unpaired) electrons. The molecular formula is C15H28N2O. The van der Waals surface area contributed by atoms with Crippen LogP contribution in [-0.4, -0.2) is 24.5 Å². The lowest BCUT2D eigenvalue weighted by Gasteiger charge is -2.15. The van der Waals surface area contributed by atoms with Gasteiger partial charge in [0, 0.05) is 12.1 Å². The molecule has 0 amide bonds. The van der Waals surface area contributed by atoms with Gasteiger partial charge in [-0.3, -0.25) is 4.90 Å². The summed E-state index contributed by atoms with van der Waals surface area (Å²) in [6.07, 6.45) is 0. The van der Waals surface area contributed by atoms with E-state index in [0.29, 0.717) is 5.92 Å². The van der Waals surface area contributed by atoms with E-state index in [2.05, 4.69) is 50.9 Å². The Balaban J connectivity index is 2.52. The van der Waals surface area contributed by atoms with E-state index in [1.54, 1.807) is 0 Å². The minimum atomic E-state index is 0.687. The van der Waals surface area contributed by atoms with Gasteiger partial charge in [-0.25, -0.2) is 0 Å². The highest BCUT2D eigenvalue weighted by atomic mass is 16.3. The fraction of sp³-hybridized carbons (Fsp3) is 0.733. The van der Waals surface area contributed by atoms with Crippen molar-refractivity contribution in [3.05, 3.63) is 23.2 Å². The molecule has 18 heavy (non-hydrogen) atoms. The van der Waals surface area contributed by atoms with Crippen LogP contribution >= 0.6 is 0 Å². The lowest BCUT2D eigenvalue weighted by Crippen LogP contribution is -2.21. The van der Waals surface area contributed by atoms with Gasteiger partial charge < -0.3 is 9.73 Å². The second kappa shape index (κ2) is 7.59. The van der Waals surface area contributed by atoms with Crippen molar-refractivity contribution in [3.8, 4) is 0 Å². The Kier molecular flexibility index (Phi) is 6.44. The van der Waals surface area contributed by atoms with Crippen LogP contribution in [0.2, 0.25) is 0 Å². The van der Waals surface area contributed by atoms with Gasteiger partial charge in [-0.1, -0.05) is 27.7 Å². The number of nitrogens with zero attached hydrogens (tertiary/aromatic N) is 1. The molecule has 3 nitrogen and oxygen atoms in total. The van der Waals surface area contributed by atoms with E-state index in [4.69, 9.17) is 4.42 Å². The van der Waals surface area contributed by atoms with Gasteiger partial charge in [0.1, 0.15) is 11.5 Å². The normalized spacial score (nSPS) is 11.7. The lowest BCUT2D eigenvalue weighted by molar-refractivity contribution is 0.266.